The van der Waals surface area contributed by atoms with Gasteiger partial charge < -0.3 is 29.2 Å². The van der Waals surface area contributed by atoms with Gasteiger partial charge in [0, 0.05) is 24.2 Å². The van der Waals surface area contributed by atoms with Gasteiger partial charge in [-0.05, 0) is 77.4 Å². The summed E-state index contributed by atoms with van der Waals surface area (Å²) in [5.41, 5.74) is 5.84. The zero-order chi connectivity index (χ0) is 29.6. The van der Waals surface area contributed by atoms with Gasteiger partial charge in [0.25, 0.3) is 0 Å². The van der Waals surface area contributed by atoms with E-state index in [4.69, 9.17) is 19.4 Å². The van der Waals surface area contributed by atoms with Crippen molar-refractivity contribution in [2.45, 2.75) is 12.8 Å². The van der Waals surface area contributed by atoms with Crippen LogP contribution in [0.5, 0.6) is 0 Å². The Bertz CT molecular complexity index is 1560. The summed E-state index contributed by atoms with van der Waals surface area (Å²) >= 11 is 0. The highest BCUT2D eigenvalue weighted by molar-refractivity contribution is 5.95. The van der Waals surface area contributed by atoms with Crippen molar-refractivity contribution in [3.63, 3.8) is 0 Å². The fourth-order valence-corrected chi connectivity index (χ4v) is 4.59. The van der Waals surface area contributed by atoms with E-state index in [2.05, 4.69) is 19.8 Å². The molecule has 10 heteroatoms. The molecule has 0 unspecified atom stereocenters. The highest BCUT2D eigenvalue weighted by atomic mass is 16.5. The Hall–Kier alpha value is -4.54. The molecule has 0 bridgehead atoms. The first-order chi connectivity index (χ1) is 20.3. The molecular weight excluding hydrogens is 532 g/mol. The largest absolute Gasteiger partial charge is 0.462 e. The number of nitrogens with one attached hydrogen (secondary N) is 2. The molecule has 0 atom stereocenters. The zero-order valence-electron chi connectivity index (χ0n) is 24.4. The summed E-state index contributed by atoms with van der Waals surface area (Å²) in [6.45, 7) is 2.48. The Balaban J connectivity index is 1.25. The molecule has 0 aliphatic carbocycles. The maximum absolute atomic E-state index is 12.5. The molecule has 2 aromatic heterocycles. The normalized spacial score (nSPS) is 11.6. The van der Waals surface area contributed by atoms with E-state index in [0.717, 1.165) is 59.1 Å². The van der Waals surface area contributed by atoms with Crippen molar-refractivity contribution in [1.29, 1.82) is 0 Å². The van der Waals surface area contributed by atoms with E-state index in [9.17, 15) is 9.59 Å². The summed E-state index contributed by atoms with van der Waals surface area (Å²) in [5, 5.41) is 0. The van der Waals surface area contributed by atoms with Gasteiger partial charge in [-0.25, -0.2) is 19.6 Å². The number of esters is 2. The van der Waals surface area contributed by atoms with Crippen LogP contribution < -0.4 is 0 Å². The summed E-state index contributed by atoms with van der Waals surface area (Å²) < 4.78 is 10.8. The molecule has 0 saturated carbocycles. The maximum atomic E-state index is 12.5. The van der Waals surface area contributed by atoms with Crippen LogP contribution in [0.4, 0.5) is 0 Å². The second-order valence-electron chi connectivity index (χ2n) is 10.8. The fraction of sp³-hybridized carbons (Fsp3) is 0.312. The van der Waals surface area contributed by atoms with Gasteiger partial charge in [-0.15, -0.1) is 0 Å². The Morgan fingerprint density at radius 3 is 1.43 bits per heavy atom. The number of aromatic amines is 2. The second-order valence-corrected chi connectivity index (χ2v) is 10.8. The number of carbonyl (C=O) groups is 2. The standard InChI is InChI=1S/C32H36N6O4/c1-37(2)15-5-17-41-31(39)23-11-13-25-27(19-23)35-29(33-25)21-7-9-22(10-8-21)30-34-26-14-12-24(20-28(26)36-30)32(40)42-18-6-16-38(3)4/h7-14,19-20H,5-6,15-18H2,1-4H3,(H,33,35)(H,34,36). The van der Waals surface area contributed by atoms with Crippen LogP contribution in [0.2, 0.25) is 0 Å². The van der Waals surface area contributed by atoms with E-state index in [1.807, 2.05) is 64.6 Å². The summed E-state index contributed by atoms with van der Waals surface area (Å²) in [7, 11) is 7.96. The number of hydrogen-bond donors (Lipinski definition) is 2. The number of fused-ring (bicyclic) bond motifs is 2. The highest BCUT2D eigenvalue weighted by Gasteiger charge is 2.14. The molecule has 0 amide bonds. The first-order valence-corrected chi connectivity index (χ1v) is 14.0. The SMILES string of the molecule is CN(C)CCCOC(=O)c1ccc2nc(-c3ccc(-c4nc5ccc(C(=O)OCCCN(C)C)cc5[nH]4)cc3)[nH]c2c1. The topological polar surface area (TPSA) is 116 Å². The van der Waals surface area contributed by atoms with E-state index in [1.165, 1.54) is 0 Å². The predicted molar refractivity (Wildman–Crippen MR) is 164 cm³/mol. The van der Waals surface area contributed by atoms with E-state index in [1.54, 1.807) is 24.3 Å². The Labute approximate surface area is 244 Å². The quantitative estimate of drug-likeness (QED) is 0.160. The summed E-state index contributed by atoms with van der Waals surface area (Å²) in [4.78, 5) is 45.1. The van der Waals surface area contributed by atoms with Crippen LogP contribution in [0.1, 0.15) is 33.6 Å². The van der Waals surface area contributed by atoms with Crippen LogP contribution in [-0.4, -0.2) is 96.2 Å². The molecule has 0 spiro atoms. The van der Waals surface area contributed by atoms with Crippen LogP contribution in [0.15, 0.2) is 60.7 Å². The molecule has 218 valence electrons. The van der Waals surface area contributed by atoms with Crippen molar-refractivity contribution >= 4 is 34.0 Å². The summed E-state index contributed by atoms with van der Waals surface area (Å²) in [6.07, 6.45) is 1.57. The van der Waals surface area contributed by atoms with Gasteiger partial charge in [-0.1, -0.05) is 24.3 Å². The molecule has 5 rings (SSSR count). The van der Waals surface area contributed by atoms with Gasteiger partial charge in [-0.2, -0.15) is 0 Å². The second kappa shape index (κ2) is 13.0. The minimum atomic E-state index is -0.342. The predicted octanol–water partition coefficient (Wildman–Crippen LogP) is 4.99. The molecule has 5 aromatic rings. The van der Waals surface area contributed by atoms with E-state index >= 15 is 0 Å². The molecule has 0 aliphatic rings. The molecule has 2 N–H and O–H groups in total. The molecule has 42 heavy (non-hydrogen) atoms. The van der Waals surface area contributed by atoms with Crippen molar-refractivity contribution in [2.75, 3.05) is 54.5 Å². The number of benzene rings is 3. The lowest BCUT2D eigenvalue weighted by atomic mass is 10.1. The third kappa shape index (κ3) is 7.02. The average molecular weight is 569 g/mol. The number of hydrogen-bond acceptors (Lipinski definition) is 8. The van der Waals surface area contributed by atoms with Crippen LogP contribution in [0, 0.1) is 0 Å². The third-order valence-electron chi connectivity index (χ3n) is 6.83. The highest BCUT2D eigenvalue weighted by Crippen LogP contribution is 2.26. The van der Waals surface area contributed by atoms with Gasteiger partial charge in [-0.3, -0.25) is 0 Å². The fourth-order valence-electron chi connectivity index (χ4n) is 4.59. The molecular formula is C32H36N6O4. The lowest BCUT2D eigenvalue weighted by molar-refractivity contribution is 0.0484. The number of carbonyl (C=O) groups excluding carboxylic acids is 2. The lowest BCUT2D eigenvalue weighted by Gasteiger charge is -2.09. The van der Waals surface area contributed by atoms with Gasteiger partial charge in [0.15, 0.2) is 0 Å². The molecule has 0 radical (unpaired) electrons. The van der Waals surface area contributed by atoms with Crippen molar-refractivity contribution in [2.24, 2.45) is 0 Å². The first-order valence-electron chi connectivity index (χ1n) is 14.0. The van der Waals surface area contributed by atoms with Crippen LogP contribution in [0.3, 0.4) is 0 Å². The van der Waals surface area contributed by atoms with E-state index < -0.39 is 0 Å². The minimum Gasteiger partial charge on any atom is -0.462 e. The number of nitrogens with zero attached hydrogens (tertiary/aromatic N) is 4. The van der Waals surface area contributed by atoms with Crippen molar-refractivity contribution < 1.29 is 19.1 Å². The molecule has 2 heterocycles. The lowest BCUT2D eigenvalue weighted by Crippen LogP contribution is -2.16. The zero-order valence-corrected chi connectivity index (χ0v) is 24.4. The third-order valence-corrected chi connectivity index (χ3v) is 6.83. The summed E-state index contributed by atoms with van der Waals surface area (Å²) in [6, 6.07) is 18.5. The molecule has 0 saturated heterocycles. The van der Waals surface area contributed by atoms with Crippen LogP contribution in [-0.2, 0) is 9.47 Å². The van der Waals surface area contributed by atoms with Crippen molar-refractivity contribution in [3.8, 4) is 22.8 Å². The van der Waals surface area contributed by atoms with Gasteiger partial charge in [0.1, 0.15) is 11.6 Å². The summed E-state index contributed by atoms with van der Waals surface area (Å²) in [5.74, 6) is 0.717. The van der Waals surface area contributed by atoms with E-state index in [0.29, 0.717) is 36.0 Å². The van der Waals surface area contributed by atoms with Gasteiger partial charge >= 0.3 is 11.9 Å². The molecule has 3 aromatic carbocycles. The molecule has 0 aliphatic heterocycles. The number of ether oxygens (including phenoxy) is 2. The molecule has 0 fully saturated rings. The van der Waals surface area contributed by atoms with Crippen molar-refractivity contribution in [1.82, 2.24) is 29.7 Å². The van der Waals surface area contributed by atoms with Gasteiger partial charge in [0.05, 0.1) is 46.4 Å². The Morgan fingerprint density at radius 1 is 0.643 bits per heavy atom. The smallest absolute Gasteiger partial charge is 0.338 e. The molecule has 10 nitrogen and oxygen atoms in total. The van der Waals surface area contributed by atoms with Gasteiger partial charge in [0.2, 0.25) is 0 Å². The van der Waals surface area contributed by atoms with Crippen LogP contribution in [0.25, 0.3) is 44.8 Å². The minimum absolute atomic E-state index is 0.342. The van der Waals surface area contributed by atoms with E-state index in [-0.39, 0.29) is 11.9 Å². The van der Waals surface area contributed by atoms with Crippen molar-refractivity contribution in [3.05, 3.63) is 71.8 Å². The average Bonchev–Trinajstić information content (AvgIpc) is 3.61. The number of rotatable bonds is 12. The number of imidazole rings is 2. The monoisotopic (exact) mass is 568 g/mol. The first kappa shape index (κ1) is 29.0. The Morgan fingerprint density at radius 2 is 1.05 bits per heavy atom. The Kier molecular flexibility index (Phi) is 8.94. The number of H-pyrrole nitrogens is 2. The van der Waals surface area contributed by atoms with Crippen LogP contribution >= 0.6 is 0 Å². The number of aromatic nitrogens is 4. The maximum Gasteiger partial charge on any atom is 0.338 e.